The van der Waals surface area contributed by atoms with Crippen LogP contribution in [-0.4, -0.2) is 35.6 Å². The van der Waals surface area contributed by atoms with Crippen molar-refractivity contribution in [2.24, 2.45) is 0 Å². The number of nitrogens with one attached hydrogen (secondary N) is 1. The molecule has 23 heavy (non-hydrogen) atoms. The maximum absolute atomic E-state index is 12.5. The van der Waals surface area contributed by atoms with Gasteiger partial charge in [0.2, 0.25) is 0 Å². The normalized spacial score (nSPS) is 16.8. The maximum atomic E-state index is 12.5. The Morgan fingerprint density at radius 3 is 2.87 bits per heavy atom. The molecule has 2 aromatic heterocycles. The van der Waals surface area contributed by atoms with E-state index in [4.69, 9.17) is 4.52 Å². The zero-order valence-electron chi connectivity index (χ0n) is 13.6. The lowest BCUT2D eigenvalue weighted by molar-refractivity contribution is 0.0936. The summed E-state index contributed by atoms with van der Waals surface area (Å²) in [5.41, 5.74) is 0.548. The lowest BCUT2D eigenvalue weighted by atomic mass is 10.1. The number of hydrogen-bond donors (Lipinski definition) is 1. The Hall–Kier alpha value is -1.66. The molecule has 3 rings (SSSR count). The fraction of sp³-hybridized carbons (Fsp3) is 0.529. The van der Waals surface area contributed by atoms with Gasteiger partial charge >= 0.3 is 0 Å². The van der Waals surface area contributed by atoms with Gasteiger partial charge < -0.3 is 9.84 Å². The van der Waals surface area contributed by atoms with Gasteiger partial charge in [-0.25, -0.2) is 0 Å². The van der Waals surface area contributed by atoms with Gasteiger partial charge in [-0.05, 0) is 37.4 Å². The molecule has 124 valence electrons. The number of amides is 1. The predicted molar refractivity (Wildman–Crippen MR) is 90.8 cm³/mol. The molecule has 0 aromatic carbocycles. The minimum absolute atomic E-state index is 0.101. The van der Waals surface area contributed by atoms with E-state index in [9.17, 15) is 4.79 Å². The van der Waals surface area contributed by atoms with Gasteiger partial charge in [0.1, 0.15) is 5.56 Å². The molecule has 1 fully saturated rings. The van der Waals surface area contributed by atoms with E-state index in [1.807, 2.05) is 13.8 Å². The van der Waals surface area contributed by atoms with E-state index in [-0.39, 0.29) is 17.9 Å². The van der Waals surface area contributed by atoms with Gasteiger partial charge in [-0.3, -0.25) is 9.69 Å². The van der Waals surface area contributed by atoms with Gasteiger partial charge in [-0.2, -0.15) is 0 Å². The average Bonchev–Trinajstić information content (AvgIpc) is 3.29. The first-order chi connectivity index (χ1) is 11.2. The molecule has 0 spiro atoms. The van der Waals surface area contributed by atoms with Gasteiger partial charge in [0, 0.05) is 17.3 Å². The smallest absolute Gasteiger partial charge is 0.256 e. The molecule has 5 nitrogen and oxygen atoms in total. The number of nitrogens with zero attached hydrogens (tertiary/aromatic N) is 2. The Morgan fingerprint density at radius 1 is 1.43 bits per heavy atom. The summed E-state index contributed by atoms with van der Waals surface area (Å²) in [7, 11) is 0. The lowest BCUT2D eigenvalue weighted by Gasteiger charge is -2.26. The first kappa shape index (κ1) is 16.2. The summed E-state index contributed by atoms with van der Waals surface area (Å²) in [4.78, 5) is 16.3. The molecule has 0 radical (unpaired) electrons. The molecule has 2 aromatic rings. The van der Waals surface area contributed by atoms with Crippen molar-refractivity contribution in [1.82, 2.24) is 15.4 Å². The van der Waals surface area contributed by atoms with Crippen LogP contribution >= 0.6 is 11.3 Å². The molecule has 1 saturated heterocycles. The molecule has 3 heterocycles. The van der Waals surface area contributed by atoms with Crippen molar-refractivity contribution in [3.63, 3.8) is 0 Å². The molecule has 1 amide bonds. The minimum Gasteiger partial charge on any atom is -0.360 e. The molecule has 6 heteroatoms. The van der Waals surface area contributed by atoms with Crippen LogP contribution in [0.5, 0.6) is 0 Å². The Balaban J connectivity index is 1.69. The Labute approximate surface area is 140 Å². The highest BCUT2D eigenvalue weighted by Gasteiger charge is 2.26. The number of carbonyl (C=O) groups excluding carboxylic acids is 1. The third kappa shape index (κ3) is 3.64. The Kier molecular flexibility index (Phi) is 5.13. The molecular formula is C17H23N3O2S. The molecule has 0 bridgehead atoms. The highest BCUT2D eigenvalue weighted by atomic mass is 32.1. The molecular weight excluding hydrogens is 310 g/mol. The number of aromatic nitrogens is 1. The number of hydrogen-bond acceptors (Lipinski definition) is 5. The van der Waals surface area contributed by atoms with Gasteiger partial charge in [-0.1, -0.05) is 25.1 Å². The Morgan fingerprint density at radius 2 is 2.22 bits per heavy atom. The number of rotatable bonds is 6. The third-order valence-electron chi connectivity index (χ3n) is 4.28. The largest absolute Gasteiger partial charge is 0.360 e. The number of thiophene rings is 1. The summed E-state index contributed by atoms with van der Waals surface area (Å²) < 4.78 is 5.21. The van der Waals surface area contributed by atoms with Gasteiger partial charge in [0.25, 0.3) is 5.91 Å². The van der Waals surface area contributed by atoms with Crippen molar-refractivity contribution in [1.29, 1.82) is 0 Å². The highest BCUT2D eigenvalue weighted by Crippen LogP contribution is 2.28. The van der Waals surface area contributed by atoms with E-state index in [1.54, 1.807) is 11.3 Å². The lowest BCUT2D eigenvalue weighted by Crippen LogP contribution is -2.36. The van der Waals surface area contributed by atoms with Crippen molar-refractivity contribution in [2.45, 2.75) is 38.6 Å². The SMILES string of the molecule is CC(C)c1oncc1C(=O)NCC(c1cccs1)N1CCCC1. The summed E-state index contributed by atoms with van der Waals surface area (Å²) in [5, 5.41) is 8.94. The second-order valence-electron chi connectivity index (χ2n) is 6.24. The van der Waals surface area contributed by atoms with E-state index in [2.05, 4.69) is 32.9 Å². The first-order valence-corrected chi connectivity index (χ1v) is 9.05. The average molecular weight is 333 g/mol. The maximum Gasteiger partial charge on any atom is 0.256 e. The predicted octanol–water partition coefficient (Wildman–Crippen LogP) is 3.43. The third-order valence-corrected chi connectivity index (χ3v) is 5.25. The van der Waals surface area contributed by atoms with Crippen LogP contribution in [0, 0.1) is 0 Å². The molecule has 1 atom stereocenters. The van der Waals surface area contributed by atoms with E-state index >= 15 is 0 Å². The second-order valence-corrected chi connectivity index (χ2v) is 7.22. The fourth-order valence-corrected chi connectivity index (χ4v) is 3.92. The summed E-state index contributed by atoms with van der Waals surface area (Å²) >= 11 is 1.75. The molecule has 1 aliphatic rings. The van der Waals surface area contributed by atoms with Crippen LogP contribution in [0.1, 0.15) is 59.6 Å². The van der Waals surface area contributed by atoms with Crippen LogP contribution in [0.2, 0.25) is 0 Å². The van der Waals surface area contributed by atoms with Crippen molar-refractivity contribution >= 4 is 17.2 Å². The fourth-order valence-electron chi connectivity index (χ4n) is 3.06. The van der Waals surface area contributed by atoms with Crippen molar-refractivity contribution in [3.05, 3.63) is 39.9 Å². The standard InChI is InChI=1S/C17H23N3O2S/c1-12(2)16-13(10-19-22-16)17(21)18-11-14(15-6-5-9-23-15)20-7-3-4-8-20/h5-6,9-10,12,14H,3-4,7-8,11H2,1-2H3,(H,18,21). The van der Waals surface area contributed by atoms with Gasteiger partial charge in [-0.15, -0.1) is 11.3 Å². The van der Waals surface area contributed by atoms with Crippen LogP contribution in [0.15, 0.2) is 28.2 Å². The van der Waals surface area contributed by atoms with Crippen molar-refractivity contribution in [3.8, 4) is 0 Å². The van der Waals surface area contributed by atoms with E-state index < -0.39 is 0 Å². The van der Waals surface area contributed by atoms with Crippen LogP contribution in [0.25, 0.3) is 0 Å². The van der Waals surface area contributed by atoms with E-state index in [0.717, 1.165) is 13.1 Å². The van der Waals surface area contributed by atoms with Crippen LogP contribution in [0.4, 0.5) is 0 Å². The summed E-state index contributed by atoms with van der Waals surface area (Å²) in [6.07, 6.45) is 3.98. The number of carbonyl (C=O) groups is 1. The summed E-state index contributed by atoms with van der Waals surface area (Å²) in [5.74, 6) is 0.692. The minimum atomic E-state index is -0.101. The molecule has 0 aliphatic carbocycles. The van der Waals surface area contributed by atoms with Crippen molar-refractivity contribution in [2.75, 3.05) is 19.6 Å². The molecule has 1 N–H and O–H groups in total. The summed E-state index contributed by atoms with van der Waals surface area (Å²) in [6, 6.07) is 4.48. The Bertz CT molecular complexity index is 630. The zero-order chi connectivity index (χ0) is 16.2. The van der Waals surface area contributed by atoms with E-state index in [1.165, 1.54) is 23.9 Å². The van der Waals surface area contributed by atoms with Gasteiger partial charge in [0.05, 0.1) is 12.2 Å². The second kappa shape index (κ2) is 7.27. The topological polar surface area (TPSA) is 58.4 Å². The quantitative estimate of drug-likeness (QED) is 0.880. The monoisotopic (exact) mass is 333 g/mol. The number of likely N-dealkylation sites (tertiary alicyclic amines) is 1. The van der Waals surface area contributed by atoms with Crippen LogP contribution < -0.4 is 5.32 Å². The highest BCUT2D eigenvalue weighted by molar-refractivity contribution is 7.10. The first-order valence-electron chi connectivity index (χ1n) is 8.17. The molecule has 1 aliphatic heterocycles. The van der Waals surface area contributed by atoms with Crippen LogP contribution in [0.3, 0.4) is 0 Å². The molecule has 0 saturated carbocycles. The van der Waals surface area contributed by atoms with Gasteiger partial charge in [0.15, 0.2) is 5.76 Å². The van der Waals surface area contributed by atoms with Crippen LogP contribution in [-0.2, 0) is 0 Å². The van der Waals surface area contributed by atoms with Crippen molar-refractivity contribution < 1.29 is 9.32 Å². The summed E-state index contributed by atoms with van der Waals surface area (Å²) in [6.45, 7) is 6.81. The zero-order valence-corrected chi connectivity index (χ0v) is 14.4. The van der Waals surface area contributed by atoms with E-state index in [0.29, 0.717) is 17.9 Å². The molecule has 1 unspecified atom stereocenters.